The molecule has 6 heteroatoms. The average molecular weight is 281 g/mol. The maximum Gasteiger partial charge on any atom is 0.266 e. The molecule has 6 nitrogen and oxygen atoms in total. The Kier molecular flexibility index (Phi) is 4.49. The number of anilines is 1. The van der Waals surface area contributed by atoms with Gasteiger partial charge in [0, 0.05) is 18.9 Å². The molecule has 0 radical (unpaired) electrons. The van der Waals surface area contributed by atoms with Gasteiger partial charge in [-0.1, -0.05) is 0 Å². The van der Waals surface area contributed by atoms with E-state index in [9.17, 15) is 4.79 Å². The molecule has 1 heterocycles. The maximum atomic E-state index is 11.3. The van der Waals surface area contributed by atoms with Gasteiger partial charge in [-0.15, -0.1) is 0 Å². The number of nitrogens with two attached hydrogens (primary N) is 1. The Bertz CT molecular complexity index is 658. The summed E-state index contributed by atoms with van der Waals surface area (Å²) >= 11 is 0. The van der Waals surface area contributed by atoms with Crippen LogP contribution >= 0.6 is 0 Å². The lowest BCUT2D eigenvalue weighted by molar-refractivity contribution is 0.0953. The number of nitrogens with one attached hydrogen (secondary N) is 1. The van der Waals surface area contributed by atoms with E-state index >= 15 is 0 Å². The molecule has 0 spiro atoms. The zero-order valence-electron chi connectivity index (χ0n) is 11.6. The quantitative estimate of drug-likeness (QED) is 0.498. The summed E-state index contributed by atoms with van der Waals surface area (Å²) in [5.41, 5.74) is 4.92. The highest BCUT2D eigenvalue weighted by Gasteiger charge is 2.06. The van der Waals surface area contributed by atoms with Gasteiger partial charge >= 0.3 is 0 Å². The first kappa shape index (κ1) is 14.5. The molecule has 2 rings (SSSR count). The normalized spacial score (nSPS) is 9.76. The van der Waals surface area contributed by atoms with Crippen molar-refractivity contribution in [2.45, 2.75) is 6.54 Å². The van der Waals surface area contributed by atoms with Crippen molar-refractivity contribution in [1.82, 2.24) is 10.4 Å². The third-order valence-corrected chi connectivity index (χ3v) is 3.05. The molecule has 21 heavy (non-hydrogen) atoms. The lowest BCUT2D eigenvalue weighted by Gasteiger charge is -2.18. The van der Waals surface area contributed by atoms with Crippen LogP contribution in [0.4, 0.5) is 5.69 Å². The summed E-state index contributed by atoms with van der Waals surface area (Å²) < 4.78 is 0. The van der Waals surface area contributed by atoms with Crippen LogP contribution in [0.5, 0.6) is 0 Å². The second-order valence-corrected chi connectivity index (χ2v) is 4.53. The Morgan fingerprint density at radius 3 is 2.57 bits per heavy atom. The van der Waals surface area contributed by atoms with Gasteiger partial charge in [-0.3, -0.25) is 15.2 Å². The molecule has 1 amide bonds. The van der Waals surface area contributed by atoms with Crippen LogP contribution in [-0.2, 0) is 6.54 Å². The summed E-state index contributed by atoms with van der Waals surface area (Å²) in [6.07, 6.45) is 1.49. The number of benzene rings is 1. The minimum absolute atomic E-state index is 0.366. The van der Waals surface area contributed by atoms with E-state index in [1.54, 1.807) is 24.3 Å². The molecular weight excluding hydrogens is 266 g/mol. The highest BCUT2D eigenvalue weighted by atomic mass is 16.2. The molecule has 0 aliphatic carbocycles. The van der Waals surface area contributed by atoms with Gasteiger partial charge in [0.1, 0.15) is 0 Å². The van der Waals surface area contributed by atoms with Crippen molar-refractivity contribution >= 4 is 11.6 Å². The third-order valence-electron chi connectivity index (χ3n) is 3.05. The van der Waals surface area contributed by atoms with Crippen molar-refractivity contribution in [3.8, 4) is 6.07 Å². The first-order chi connectivity index (χ1) is 10.1. The number of nitrogens with zero attached hydrogens (tertiary/aromatic N) is 3. The van der Waals surface area contributed by atoms with Crippen LogP contribution in [-0.4, -0.2) is 17.9 Å². The van der Waals surface area contributed by atoms with Crippen LogP contribution in [0, 0.1) is 11.3 Å². The second kappa shape index (κ2) is 6.50. The number of nitrogen functional groups attached to an aromatic ring is 1. The van der Waals surface area contributed by atoms with Crippen LogP contribution in [0.25, 0.3) is 0 Å². The van der Waals surface area contributed by atoms with Crippen LogP contribution in [0.2, 0.25) is 0 Å². The van der Waals surface area contributed by atoms with Crippen LogP contribution in [0.1, 0.15) is 21.6 Å². The molecule has 0 aliphatic rings. The number of hydrogen-bond donors (Lipinski definition) is 2. The predicted molar refractivity (Wildman–Crippen MR) is 79.2 cm³/mol. The monoisotopic (exact) mass is 281 g/mol. The van der Waals surface area contributed by atoms with E-state index in [-0.39, 0.29) is 5.91 Å². The van der Waals surface area contributed by atoms with E-state index in [2.05, 4.69) is 16.5 Å². The summed E-state index contributed by atoms with van der Waals surface area (Å²) in [6.45, 7) is 0.594. The van der Waals surface area contributed by atoms with Gasteiger partial charge < -0.3 is 4.90 Å². The van der Waals surface area contributed by atoms with E-state index in [0.717, 1.165) is 11.4 Å². The van der Waals surface area contributed by atoms with Crippen molar-refractivity contribution in [2.24, 2.45) is 5.84 Å². The Labute approximate surface area is 122 Å². The van der Waals surface area contributed by atoms with Gasteiger partial charge in [0.05, 0.1) is 29.4 Å². The highest BCUT2D eigenvalue weighted by molar-refractivity contribution is 5.93. The number of nitriles is 1. The molecule has 106 valence electrons. The van der Waals surface area contributed by atoms with Crippen molar-refractivity contribution in [3.63, 3.8) is 0 Å². The smallest absolute Gasteiger partial charge is 0.266 e. The molecule has 0 fully saturated rings. The molecule has 0 saturated heterocycles. The topological polar surface area (TPSA) is 95.0 Å². The van der Waals surface area contributed by atoms with Crippen LogP contribution in [0.15, 0.2) is 42.6 Å². The Morgan fingerprint density at radius 2 is 2.05 bits per heavy atom. The van der Waals surface area contributed by atoms with Crippen LogP contribution in [0.3, 0.4) is 0 Å². The molecule has 0 aliphatic heterocycles. The average Bonchev–Trinajstić information content (AvgIpc) is 2.55. The summed E-state index contributed by atoms with van der Waals surface area (Å²) in [5.74, 6) is 4.70. The van der Waals surface area contributed by atoms with E-state index < -0.39 is 0 Å². The predicted octanol–water partition coefficient (Wildman–Crippen LogP) is 1.19. The Hall–Kier alpha value is -2.91. The minimum atomic E-state index is -0.366. The molecule has 0 atom stereocenters. The first-order valence-corrected chi connectivity index (χ1v) is 6.31. The van der Waals surface area contributed by atoms with E-state index in [1.165, 1.54) is 6.20 Å². The van der Waals surface area contributed by atoms with Crippen LogP contribution < -0.4 is 16.2 Å². The molecule has 0 bridgehead atoms. The Balaban J connectivity index is 2.06. The standard InChI is InChI=1S/C15H15N5O/c1-20(14-6-2-11(8-16)3-7-14)10-13-5-4-12(9-18-13)15(21)19-17/h2-7,9H,10,17H2,1H3,(H,19,21). The fourth-order valence-electron chi connectivity index (χ4n) is 1.86. The zero-order chi connectivity index (χ0) is 15.2. The number of hydrogen-bond acceptors (Lipinski definition) is 5. The highest BCUT2D eigenvalue weighted by Crippen LogP contribution is 2.15. The summed E-state index contributed by atoms with van der Waals surface area (Å²) in [6, 6.07) is 12.9. The lowest BCUT2D eigenvalue weighted by Crippen LogP contribution is -2.30. The number of carbonyl (C=O) groups is 1. The van der Waals surface area contributed by atoms with Gasteiger partial charge in [-0.05, 0) is 36.4 Å². The summed E-state index contributed by atoms with van der Waals surface area (Å²) in [4.78, 5) is 17.6. The van der Waals surface area contributed by atoms with Gasteiger partial charge in [0.2, 0.25) is 0 Å². The third kappa shape index (κ3) is 3.55. The molecular formula is C15H15N5O. The van der Waals surface area contributed by atoms with Crippen molar-refractivity contribution in [2.75, 3.05) is 11.9 Å². The number of carbonyl (C=O) groups excluding carboxylic acids is 1. The summed E-state index contributed by atoms with van der Waals surface area (Å²) in [5, 5.41) is 8.78. The van der Waals surface area contributed by atoms with E-state index in [0.29, 0.717) is 17.7 Å². The molecule has 1 aromatic heterocycles. The number of hydrazine groups is 1. The lowest BCUT2D eigenvalue weighted by atomic mass is 10.2. The SMILES string of the molecule is CN(Cc1ccc(C(=O)NN)cn1)c1ccc(C#N)cc1. The molecule has 1 aromatic carbocycles. The number of rotatable bonds is 4. The number of pyridine rings is 1. The number of aromatic nitrogens is 1. The van der Waals surface area contributed by atoms with E-state index in [1.807, 2.05) is 24.1 Å². The first-order valence-electron chi connectivity index (χ1n) is 6.31. The fourth-order valence-corrected chi connectivity index (χ4v) is 1.86. The summed E-state index contributed by atoms with van der Waals surface area (Å²) in [7, 11) is 1.93. The van der Waals surface area contributed by atoms with Gasteiger partial charge in [-0.25, -0.2) is 5.84 Å². The molecule has 2 aromatic rings. The van der Waals surface area contributed by atoms with Crippen molar-refractivity contribution in [1.29, 1.82) is 5.26 Å². The van der Waals surface area contributed by atoms with Gasteiger partial charge in [-0.2, -0.15) is 5.26 Å². The fraction of sp³-hybridized carbons (Fsp3) is 0.133. The molecule has 0 saturated carbocycles. The maximum absolute atomic E-state index is 11.3. The minimum Gasteiger partial charge on any atom is -0.369 e. The molecule has 0 unspecified atom stereocenters. The van der Waals surface area contributed by atoms with Gasteiger partial charge in [0.15, 0.2) is 0 Å². The second-order valence-electron chi connectivity index (χ2n) is 4.53. The van der Waals surface area contributed by atoms with Gasteiger partial charge in [0.25, 0.3) is 5.91 Å². The largest absolute Gasteiger partial charge is 0.369 e. The molecule has 3 N–H and O–H groups in total. The van der Waals surface area contributed by atoms with E-state index in [4.69, 9.17) is 11.1 Å². The van der Waals surface area contributed by atoms with Crippen molar-refractivity contribution in [3.05, 3.63) is 59.4 Å². The zero-order valence-corrected chi connectivity index (χ0v) is 11.6. The number of amides is 1. The Morgan fingerprint density at radius 1 is 1.33 bits per heavy atom. The van der Waals surface area contributed by atoms with Crippen molar-refractivity contribution < 1.29 is 4.79 Å².